The first kappa shape index (κ1) is 32.2. The quantitative estimate of drug-likeness (QED) is 0.173. The Morgan fingerprint density at radius 2 is 1.67 bits per heavy atom. The van der Waals surface area contributed by atoms with Crippen LogP contribution in [0.25, 0.3) is 5.69 Å². The number of benzene rings is 3. The van der Waals surface area contributed by atoms with Crippen molar-refractivity contribution in [2.45, 2.75) is 45.3 Å². The smallest absolute Gasteiger partial charge is 0.251 e. The second-order valence-electron chi connectivity index (χ2n) is 10.1. The molecule has 0 radical (unpaired) electrons. The summed E-state index contributed by atoms with van der Waals surface area (Å²) < 4.78 is 19.1. The Morgan fingerprint density at radius 3 is 2.38 bits per heavy atom. The Kier molecular flexibility index (Phi) is 10.9. The van der Waals surface area contributed by atoms with E-state index in [4.69, 9.17) is 25.8 Å². The molecule has 10 nitrogen and oxygen atoms in total. The topological polar surface area (TPSA) is 108 Å². The van der Waals surface area contributed by atoms with Crippen LogP contribution in [0.5, 0.6) is 17.2 Å². The first-order valence-electron chi connectivity index (χ1n) is 15.0. The van der Waals surface area contributed by atoms with Crippen LogP contribution in [0.3, 0.4) is 0 Å². The number of amides is 2. The van der Waals surface area contributed by atoms with Crippen LogP contribution >= 0.6 is 23.4 Å². The van der Waals surface area contributed by atoms with E-state index >= 15 is 0 Å². The van der Waals surface area contributed by atoms with Crippen LogP contribution in [-0.4, -0.2) is 58.7 Å². The van der Waals surface area contributed by atoms with Crippen molar-refractivity contribution in [2.24, 2.45) is 0 Å². The van der Waals surface area contributed by atoms with Gasteiger partial charge in [-0.3, -0.25) is 14.2 Å². The van der Waals surface area contributed by atoms with Crippen molar-refractivity contribution in [3.63, 3.8) is 0 Å². The number of aromatic nitrogens is 3. The van der Waals surface area contributed by atoms with E-state index in [1.165, 1.54) is 17.3 Å². The minimum Gasteiger partial charge on any atom is -0.490 e. The van der Waals surface area contributed by atoms with Gasteiger partial charge in [0.15, 0.2) is 22.5 Å². The first-order valence-corrected chi connectivity index (χ1v) is 16.4. The molecule has 1 aromatic heterocycles. The van der Waals surface area contributed by atoms with Crippen LogP contribution in [-0.2, 0) is 17.8 Å². The molecule has 5 rings (SSSR count). The third kappa shape index (κ3) is 7.54. The van der Waals surface area contributed by atoms with Gasteiger partial charge in [0.1, 0.15) is 0 Å². The second-order valence-corrected chi connectivity index (χ2v) is 11.4. The lowest BCUT2D eigenvalue weighted by Crippen LogP contribution is -2.36. The summed E-state index contributed by atoms with van der Waals surface area (Å²) in [5, 5.41) is 12.8. The molecule has 2 amide bonds. The van der Waals surface area contributed by atoms with Crippen molar-refractivity contribution in [1.29, 1.82) is 0 Å². The summed E-state index contributed by atoms with van der Waals surface area (Å²) >= 11 is 7.63. The molecule has 12 heteroatoms. The molecule has 0 aliphatic carbocycles. The van der Waals surface area contributed by atoms with E-state index in [1.54, 1.807) is 24.3 Å². The predicted molar refractivity (Wildman–Crippen MR) is 175 cm³/mol. The Labute approximate surface area is 272 Å². The fourth-order valence-electron chi connectivity index (χ4n) is 5.16. The Hall–Kier alpha value is -4.22. The summed E-state index contributed by atoms with van der Waals surface area (Å²) in [6.45, 7) is 7.54. The number of halogens is 1. The third-order valence-electron chi connectivity index (χ3n) is 7.08. The number of ether oxygens (including phenoxy) is 3. The molecule has 1 aliphatic rings. The number of thioether (sulfide) groups is 1. The molecular weight excluding hydrogens is 614 g/mol. The van der Waals surface area contributed by atoms with E-state index in [0.717, 1.165) is 18.5 Å². The molecule has 0 atom stereocenters. The summed E-state index contributed by atoms with van der Waals surface area (Å²) in [7, 11) is 0. The van der Waals surface area contributed by atoms with Crippen molar-refractivity contribution in [3.8, 4) is 22.9 Å². The standard InChI is InChI=1S/C33H36ClN5O5S/c1-4-42-27-17-23(18-28(43-5-2)31(27)44-6-3)32(41)35-20-29-36-37-33(39(29)25-14-9-13-24(34)19-25)45-21-30(40)38-16-10-12-22-11-7-8-15-26(22)38/h7-9,11,13-15,17-19H,4-6,10,12,16,20-21H2,1-3H3,(H,35,41). The van der Waals surface area contributed by atoms with Gasteiger partial charge < -0.3 is 24.4 Å². The fourth-order valence-corrected chi connectivity index (χ4v) is 6.19. The predicted octanol–water partition coefficient (Wildman–Crippen LogP) is 6.12. The zero-order chi connectivity index (χ0) is 31.8. The maximum atomic E-state index is 13.4. The average Bonchev–Trinajstić information content (AvgIpc) is 3.46. The summed E-state index contributed by atoms with van der Waals surface area (Å²) in [6.07, 6.45) is 1.88. The Balaban J connectivity index is 1.37. The van der Waals surface area contributed by atoms with Crippen LogP contribution < -0.4 is 24.4 Å². The maximum Gasteiger partial charge on any atom is 0.251 e. The molecule has 1 aliphatic heterocycles. The molecule has 4 aromatic rings. The van der Waals surface area contributed by atoms with Gasteiger partial charge in [-0.1, -0.05) is 47.6 Å². The number of anilines is 1. The van der Waals surface area contributed by atoms with Gasteiger partial charge in [0, 0.05) is 22.8 Å². The van der Waals surface area contributed by atoms with Crippen molar-refractivity contribution in [1.82, 2.24) is 20.1 Å². The van der Waals surface area contributed by atoms with Gasteiger partial charge in [0.2, 0.25) is 11.7 Å². The summed E-state index contributed by atoms with van der Waals surface area (Å²) in [4.78, 5) is 28.6. The maximum absolute atomic E-state index is 13.4. The highest BCUT2D eigenvalue weighted by Gasteiger charge is 2.24. The van der Waals surface area contributed by atoms with Gasteiger partial charge in [-0.15, -0.1) is 10.2 Å². The van der Waals surface area contributed by atoms with Crippen molar-refractivity contribution in [2.75, 3.05) is 37.0 Å². The third-order valence-corrected chi connectivity index (χ3v) is 8.23. The molecule has 1 N–H and O–H groups in total. The number of hydrogen-bond donors (Lipinski definition) is 1. The normalized spacial score (nSPS) is 12.4. The molecule has 0 unspecified atom stereocenters. The highest BCUT2D eigenvalue weighted by Crippen LogP contribution is 2.39. The van der Waals surface area contributed by atoms with E-state index in [1.807, 2.05) is 60.6 Å². The number of para-hydroxylation sites is 1. The summed E-state index contributed by atoms with van der Waals surface area (Å²) in [6, 6.07) is 18.6. The molecule has 3 aromatic carbocycles. The number of rotatable bonds is 13. The number of carbonyl (C=O) groups is 2. The van der Waals surface area contributed by atoms with Crippen molar-refractivity contribution in [3.05, 3.63) is 82.6 Å². The van der Waals surface area contributed by atoms with E-state index in [-0.39, 0.29) is 24.1 Å². The zero-order valence-corrected chi connectivity index (χ0v) is 27.1. The molecule has 236 valence electrons. The zero-order valence-electron chi connectivity index (χ0n) is 25.5. The van der Waals surface area contributed by atoms with Crippen molar-refractivity contribution < 1.29 is 23.8 Å². The van der Waals surface area contributed by atoms with Gasteiger partial charge in [0.05, 0.1) is 37.8 Å². The van der Waals surface area contributed by atoms with Crippen LogP contribution in [0.2, 0.25) is 5.02 Å². The Bertz CT molecular complexity index is 1640. The van der Waals surface area contributed by atoms with Crippen LogP contribution in [0.4, 0.5) is 5.69 Å². The molecule has 0 saturated heterocycles. The lowest BCUT2D eigenvalue weighted by molar-refractivity contribution is -0.116. The van der Waals surface area contributed by atoms with Crippen molar-refractivity contribution >= 4 is 40.9 Å². The summed E-state index contributed by atoms with van der Waals surface area (Å²) in [5.41, 5.74) is 3.20. The van der Waals surface area contributed by atoms with E-state index in [9.17, 15) is 9.59 Å². The molecule has 0 saturated carbocycles. The number of hydrogen-bond acceptors (Lipinski definition) is 8. The molecule has 45 heavy (non-hydrogen) atoms. The van der Waals surface area contributed by atoms with Crippen LogP contribution in [0.15, 0.2) is 65.8 Å². The minimum atomic E-state index is -0.353. The lowest BCUT2D eigenvalue weighted by atomic mass is 10.0. The molecular formula is C33H36ClN5O5S. The molecule has 0 fully saturated rings. The van der Waals surface area contributed by atoms with Crippen LogP contribution in [0.1, 0.15) is 48.9 Å². The number of nitrogens with zero attached hydrogens (tertiary/aromatic N) is 4. The number of nitrogens with one attached hydrogen (secondary N) is 1. The van der Waals surface area contributed by atoms with Crippen LogP contribution in [0, 0.1) is 0 Å². The van der Waals surface area contributed by atoms with Gasteiger partial charge >= 0.3 is 0 Å². The average molecular weight is 650 g/mol. The highest BCUT2D eigenvalue weighted by molar-refractivity contribution is 7.99. The summed E-state index contributed by atoms with van der Waals surface area (Å²) in [5.74, 6) is 1.61. The Morgan fingerprint density at radius 1 is 0.933 bits per heavy atom. The van der Waals surface area contributed by atoms with Gasteiger partial charge in [-0.05, 0) is 75.6 Å². The highest BCUT2D eigenvalue weighted by atomic mass is 35.5. The minimum absolute atomic E-state index is 0.00616. The monoisotopic (exact) mass is 649 g/mol. The second kappa shape index (κ2) is 15.2. The number of fused-ring (bicyclic) bond motifs is 1. The van der Waals surface area contributed by atoms with Gasteiger partial charge in [0.25, 0.3) is 5.91 Å². The van der Waals surface area contributed by atoms with Gasteiger partial charge in [-0.25, -0.2) is 0 Å². The van der Waals surface area contributed by atoms with E-state index < -0.39 is 0 Å². The fraction of sp³-hybridized carbons (Fsp3) is 0.333. The number of carbonyl (C=O) groups excluding carboxylic acids is 2. The number of aryl methyl sites for hydroxylation is 1. The molecule has 0 spiro atoms. The molecule has 0 bridgehead atoms. The first-order chi connectivity index (χ1) is 21.9. The van der Waals surface area contributed by atoms with E-state index in [0.29, 0.717) is 70.9 Å². The van der Waals surface area contributed by atoms with Gasteiger partial charge in [-0.2, -0.15) is 0 Å². The molecule has 2 heterocycles. The largest absolute Gasteiger partial charge is 0.490 e. The van der Waals surface area contributed by atoms with E-state index in [2.05, 4.69) is 21.6 Å². The SMILES string of the molecule is CCOc1cc(C(=O)NCc2nnc(SCC(=O)N3CCCc4ccccc43)n2-c2cccc(Cl)c2)cc(OCC)c1OCC. The lowest BCUT2D eigenvalue weighted by Gasteiger charge is -2.29.